The standard InChI is InChI=1S/C19H21N5O3S/c1-3-26-14-8-6-13(7-9-14)16-17(18(25)20-11-15-5-4-10-27-15)28-19-22-21-12(2)24(19)23-16/h4-10,16-17,23H,3,11H2,1-2H3,(H,20,25)/t16-,17+/m0/s1. The van der Waals surface area contributed by atoms with Crippen molar-refractivity contribution in [2.24, 2.45) is 0 Å². The van der Waals surface area contributed by atoms with Gasteiger partial charge >= 0.3 is 0 Å². The van der Waals surface area contributed by atoms with Crippen LogP contribution in [0.3, 0.4) is 0 Å². The van der Waals surface area contributed by atoms with Gasteiger partial charge in [0.2, 0.25) is 11.1 Å². The molecular formula is C19H21N5O3S. The SMILES string of the molecule is CCOc1ccc([C@@H]2Nn3c(C)nnc3S[C@H]2C(=O)NCc2ccco2)cc1. The van der Waals surface area contributed by atoms with Crippen LogP contribution in [0.15, 0.2) is 52.2 Å². The van der Waals surface area contributed by atoms with E-state index in [4.69, 9.17) is 9.15 Å². The van der Waals surface area contributed by atoms with Crippen molar-refractivity contribution in [2.45, 2.75) is 36.8 Å². The van der Waals surface area contributed by atoms with Crippen molar-refractivity contribution >= 4 is 17.7 Å². The molecule has 1 aliphatic heterocycles. The maximum atomic E-state index is 13.0. The molecular weight excluding hydrogens is 378 g/mol. The Morgan fingerprint density at radius 2 is 2.14 bits per heavy atom. The van der Waals surface area contributed by atoms with Gasteiger partial charge in [-0.15, -0.1) is 10.2 Å². The van der Waals surface area contributed by atoms with Gasteiger partial charge in [-0.3, -0.25) is 4.79 Å². The first-order chi connectivity index (χ1) is 13.7. The highest BCUT2D eigenvalue weighted by molar-refractivity contribution is 8.00. The first kappa shape index (κ1) is 18.4. The molecule has 2 N–H and O–H groups in total. The number of rotatable bonds is 6. The fraction of sp³-hybridized carbons (Fsp3) is 0.316. The summed E-state index contributed by atoms with van der Waals surface area (Å²) in [4.78, 5) is 13.0. The van der Waals surface area contributed by atoms with Crippen molar-refractivity contribution < 1.29 is 13.9 Å². The van der Waals surface area contributed by atoms with Crippen LogP contribution < -0.4 is 15.5 Å². The summed E-state index contributed by atoms with van der Waals surface area (Å²) >= 11 is 1.39. The lowest BCUT2D eigenvalue weighted by molar-refractivity contribution is -0.121. The highest BCUT2D eigenvalue weighted by atomic mass is 32.2. The quantitative estimate of drug-likeness (QED) is 0.658. The largest absolute Gasteiger partial charge is 0.494 e. The van der Waals surface area contributed by atoms with E-state index in [1.807, 2.05) is 48.9 Å². The van der Waals surface area contributed by atoms with Gasteiger partial charge in [-0.1, -0.05) is 23.9 Å². The number of hydrogen-bond donors (Lipinski definition) is 2. The average molecular weight is 399 g/mol. The van der Waals surface area contributed by atoms with Crippen LogP contribution in [0.2, 0.25) is 0 Å². The topological polar surface area (TPSA) is 94.2 Å². The fourth-order valence-electron chi connectivity index (χ4n) is 3.04. The van der Waals surface area contributed by atoms with Crippen LogP contribution in [-0.4, -0.2) is 32.6 Å². The molecule has 0 spiro atoms. The predicted molar refractivity (Wildman–Crippen MR) is 105 cm³/mol. The van der Waals surface area contributed by atoms with Crippen LogP contribution >= 0.6 is 11.8 Å². The molecule has 0 aliphatic carbocycles. The minimum atomic E-state index is -0.413. The Morgan fingerprint density at radius 3 is 2.86 bits per heavy atom. The number of thioether (sulfide) groups is 1. The van der Waals surface area contributed by atoms with Gasteiger partial charge in [0, 0.05) is 0 Å². The molecule has 1 aliphatic rings. The molecule has 28 heavy (non-hydrogen) atoms. The van der Waals surface area contributed by atoms with Crippen LogP contribution in [0.5, 0.6) is 5.75 Å². The number of nitrogens with one attached hydrogen (secondary N) is 2. The second-order valence-corrected chi connectivity index (χ2v) is 7.42. The zero-order valence-electron chi connectivity index (χ0n) is 15.6. The highest BCUT2D eigenvalue weighted by Gasteiger charge is 2.37. The molecule has 146 valence electrons. The average Bonchev–Trinajstić information content (AvgIpc) is 3.36. The molecule has 0 fully saturated rings. The van der Waals surface area contributed by atoms with Crippen LogP contribution in [0.1, 0.15) is 30.1 Å². The molecule has 0 saturated carbocycles. The van der Waals surface area contributed by atoms with Gasteiger partial charge in [0.1, 0.15) is 22.6 Å². The van der Waals surface area contributed by atoms with Gasteiger partial charge in [-0.25, -0.2) is 4.68 Å². The summed E-state index contributed by atoms with van der Waals surface area (Å²) in [5.74, 6) is 2.15. The van der Waals surface area contributed by atoms with E-state index >= 15 is 0 Å². The molecule has 0 radical (unpaired) electrons. The Balaban J connectivity index is 1.58. The Labute approximate surface area is 166 Å². The molecule has 3 aromatic rings. The number of hydrogen-bond acceptors (Lipinski definition) is 7. The Bertz CT molecular complexity index is 939. The second kappa shape index (κ2) is 7.97. The normalized spacial score (nSPS) is 18.2. The molecule has 1 aromatic carbocycles. The van der Waals surface area contributed by atoms with Crippen molar-refractivity contribution in [1.29, 1.82) is 0 Å². The smallest absolute Gasteiger partial charge is 0.236 e. The van der Waals surface area contributed by atoms with E-state index in [1.165, 1.54) is 11.8 Å². The fourth-order valence-corrected chi connectivity index (χ4v) is 4.19. The second-order valence-electron chi connectivity index (χ2n) is 6.31. The van der Waals surface area contributed by atoms with E-state index in [-0.39, 0.29) is 11.9 Å². The summed E-state index contributed by atoms with van der Waals surface area (Å²) in [6.07, 6.45) is 1.59. The number of carbonyl (C=O) groups is 1. The molecule has 0 bridgehead atoms. The van der Waals surface area contributed by atoms with Crippen molar-refractivity contribution in [3.8, 4) is 5.75 Å². The highest BCUT2D eigenvalue weighted by Crippen LogP contribution is 2.37. The molecule has 4 rings (SSSR count). The maximum absolute atomic E-state index is 13.0. The number of fused-ring (bicyclic) bond motifs is 1. The molecule has 8 nitrogen and oxygen atoms in total. The third-order valence-corrected chi connectivity index (χ3v) is 5.64. The van der Waals surface area contributed by atoms with Crippen molar-refractivity contribution in [3.05, 3.63) is 59.8 Å². The zero-order chi connectivity index (χ0) is 19.5. The summed E-state index contributed by atoms with van der Waals surface area (Å²) in [5.41, 5.74) is 4.36. The molecule has 0 unspecified atom stereocenters. The number of benzene rings is 1. The summed E-state index contributed by atoms with van der Waals surface area (Å²) in [6, 6.07) is 11.2. The van der Waals surface area contributed by atoms with Crippen molar-refractivity contribution in [3.63, 3.8) is 0 Å². The van der Waals surface area contributed by atoms with Crippen LogP contribution in [-0.2, 0) is 11.3 Å². The molecule has 0 saturated heterocycles. The van der Waals surface area contributed by atoms with Gasteiger partial charge in [0.25, 0.3) is 0 Å². The number of nitrogens with zero attached hydrogens (tertiary/aromatic N) is 3. The number of aromatic nitrogens is 3. The third kappa shape index (κ3) is 3.70. The van der Waals surface area contributed by atoms with Crippen LogP contribution in [0, 0.1) is 6.92 Å². The Kier molecular flexibility index (Phi) is 5.25. The monoisotopic (exact) mass is 399 g/mol. The Morgan fingerprint density at radius 1 is 1.32 bits per heavy atom. The number of amides is 1. The lowest BCUT2D eigenvalue weighted by atomic mass is 10.0. The van der Waals surface area contributed by atoms with Gasteiger partial charge in [-0.05, 0) is 43.7 Å². The number of ether oxygens (including phenoxy) is 1. The van der Waals surface area contributed by atoms with Gasteiger partial charge in [-0.2, -0.15) is 0 Å². The Hall–Kier alpha value is -2.94. The van der Waals surface area contributed by atoms with Crippen LogP contribution in [0.25, 0.3) is 0 Å². The maximum Gasteiger partial charge on any atom is 0.236 e. The summed E-state index contributed by atoms with van der Waals surface area (Å²) in [6.45, 7) is 4.77. The van der Waals surface area contributed by atoms with E-state index in [0.29, 0.717) is 24.1 Å². The van der Waals surface area contributed by atoms with Gasteiger partial charge in [0.05, 0.1) is 25.5 Å². The zero-order valence-corrected chi connectivity index (χ0v) is 16.4. The third-order valence-electron chi connectivity index (χ3n) is 4.42. The minimum absolute atomic E-state index is 0.0975. The lowest BCUT2D eigenvalue weighted by Gasteiger charge is -2.32. The van der Waals surface area contributed by atoms with E-state index in [9.17, 15) is 4.79 Å². The van der Waals surface area contributed by atoms with Gasteiger partial charge < -0.3 is 19.9 Å². The predicted octanol–water partition coefficient (Wildman–Crippen LogP) is 2.65. The number of carbonyl (C=O) groups excluding carboxylic acids is 1. The van der Waals surface area contributed by atoms with E-state index in [0.717, 1.165) is 17.1 Å². The lowest BCUT2D eigenvalue weighted by Crippen LogP contribution is -2.43. The first-order valence-electron chi connectivity index (χ1n) is 9.03. The van der Waals surface area contributed by atoms with Crippen LogP contribution in [0.4, 0.5) is 0 Å². The summed E-state index contributed by atoms with van der Waals surface area (Å²) < 4.78 is 12.6. The summed E-state index contributed by atoms with van der Waals surface area (Å²) in [7, 11) is 0. The van der Waals surface area contributed by atoms with Crippen molar-refractivity contribution in [2.75, 3.05) is 12.0 Å². The van der Waals surface area contributed by atoms with Gasteiger partial charge in [0.15, 0.2) is 0 Å². The number of aryl methyl sites for hydroxylation is 1. The first-order valence-corrected chi connectivity index (χ1v) is 9.91. The molecule has 3 heterocycles. The van der Waals surface area contributed by atoms with E-state index in [2.05, 4.69) is 20.9 Å². The van der Waals surface area contributed by atoms with E-state index < -0.39 is 5.25 Å². The molecule has 9 heteroatoms. The van der Waals surface area contributed by atoms with E-state index in [1.54, 1.807) is 12.3 Å². The van der Waals surface area contributed by atoms with Crippen molar-refractivity contribution in [1.82, 2.24) is 20.2 Å². The molecule has 2 aromatic heterocycles. The summed E-state index contributed by atoms with van der Waals surface area (Å²) in [5, 5.41) is 11.5. The number of furan rings is 1. The molecule has 1 amide bonds. The minimum Gasteiger partial charge on any atom is -0.494 e. The molecule has 2 atom stereocenters.